The van der Waals surface area contributed by atoms with Crippen molar-refractivity contribution in [3.63, 3.8) is 0 Å². The number of unbranched alkanes of at least 4 members (excludes halogenated alkanes) is 1. The zero-order chi connectivity index (χ0) is 19.5. The van der Waals surface area contributed by atoms with Gasteiger partial charge >= 0.3 is 0 Å². The predicted octanol–water partition coefficient (Wildman–Crippen LogP) is 3.30. The molecule has 0 aliphatic carbocycles. The Balaban J connectivity index is 0.00000392. The number of hydrogen-bond acceptors (Lipinski definition) is 3. The Kier molecular flexibility index (Phi) is 12.7. The Morgan fingerprint density at radius 3 is 2.29 bits per heavy atom. The van der Waals surface area contributed by atoms with Crippen molar-refractivity contribution in [1.29, 1.82) is 0 Å². The van der Waals surface area contributed by atoms with Gasteiger partial charge in [-0.3, -0.25) is 4.99 Å². The van der Waals surface area contributed by atoms with Crippen LogP contribution in [0.25, 0.3) is 0 Å². The van der Waals surface area contributed by atoms with Crippen molar-refractivity contribution in [2.24, 2.45) is 4.99 Å². The molecule has 0 saturated carbocycles. The van der Waals surface area contributed by atoms with Crippen molar-refractivity contribution >= 4 is 29.9 Å². The second-order valence-corrected chi connectivity index (χ2v) is 7.67. The van der Waals surface area contributed by atoms with Gasteiger partial charge in [0.1, 0.15) is 0 Å². The number of nitrogens with zero attached hydrogens (tertiary/aromatic N) is 3. The first-order chi connectivity index (χ1) is 13.1. The van der Waals surface area contributed by atoms with Crippen LogP contribution in [-0.4, -0.2) is 75.2 Å². The van der Waals surface area contributed by atoms with Gasteiger partial charge in [0.2, 0.25) is 0 Å². The monoisotopic (exact) mass is 501 g/mol. The fraction of sp³-hybridized carbons (Fsp3) is 0.682. The molecule has 2 N–H and O–H groups in total. The van der Waals surface area contributed by atoms with Crippen LogP contribution in [0.3, 0.4) is 0 Å². The highest BCUT2D eigenvalue weighted by molar-refractivity contribution is 14.0. The van der Waals surface area contributed by atoms with Crippen molar-refractivity contribution in [1.82, 2.24) is 20.4 Å². The first kappa shape index (κ1) is 25.2. The summed E-state index contributed by atoms with van der Waals surface area (Å²) < 4.78 is 0. The summed E-state index contributed by atoms with van der Waals surface area (Å²) in [5.41, 5.74) is 2.68. The maximum atomic E-state index is 4.35. The van der Waals surface area contributed by atoms with Crippen LogP contribution in [0.15, 0.2) is 29.3 Å². The molecule has 1 aromatic rings. The van der Waals surface area contributed by atoms with Crippen LogP contribution >= 0.6 is 24.0 Å². The highest BCUT2D eigenvalue weighted by Gasteiger charge is 2.14. The Morgan fingerprint density at radius 2 is 1.68 bits per heavy atom. The number of aliphatic imine (C=N–C) groups is 1. The molecule has 5 nitrogen and oxygen atoms in total. The maximum Gasteiger partial charge on any atom is 0.190 e. The predicted molar refractivity (Wildman–Crippen MR) is 132 cm³/mol. The van der Waals surface area contributed by atoms with E-state index in [0.717, 1.165) is 19.0 Å². The Labute approximate surface area is 189 Å². The number of benzene rings is 1. The van der Waals surface area contributed by atoms with Crippen LogP contribution in [0.4, 0.5) is 0 Å². The molecule has 1 aliphatic rings. The molecule has 0 aromatic heterocycles. The molecule has 1 aliphatic heterocycles. The molecular weight excluding hydrogens is 461 g/mol. The lowest BCUT2D eigenvalue weighted by molar-refractivity contribution is 0.136. The molecule has 0 radical (unpaired) electrons. The average molecular weight is 502 g/mol. The van der Waals surface area contributed by atoms with E-state index in [0.29, 0.717) is 5.92 Å². The lowest BCUT2D eigenvalue weighted by atomic mass is 10.0. The average Bonchev–Trinajstić information content (AvgIpc) is 2.70. The summed E-state index contributed by atoms with van der Waals surface area (Å²) in [6.07, 6.45) is 2.43. The van der Waals surface area contributed by atoms with Gasteiger partial charge < -0.3 is 20.4 Å². The number of nitrogens with one attached hydrogen (secondary N) is 2. The van der Waals surface area contributed by atoms with Gasteiger partial charge in [0.15, 0.2) is 5.96 Å². The van der Waals surface area contributed by atoms with Crippen LogP contribution in [0.5, 0.6) is 0 Å². The van der Waals surface area contributed by atoms with Gasteiger partial charge in [0.25, 0.3) is 0 Å². The van der Waals surface area contributed by atoms with E-state index in [1.54, 1.807) is 0 Å². The van der Waals surface area contributed by atoms with Crippen molar-refractivity contribution in [2.45, 2.75) is 39.5 Å². The van der Waals surface area contributed by atoms with E-state index in [4.69, 9.17) is 0 Å². The number of halogens is 1. The maximum absolute atomic E-state index is 4.35. The second-order valence-electron chi connectivity index (χ2n) is 7.67. The molecule has 1 fully saturated rings. The molecule has 1 saturated heterocycles. The van der Waals surface area contributed by atoms with Crippen LogP contribution in [0.1, 0.15) is 43.7 Å². The van der Waals surface area contributed by atoms with Crippen LogP contribution in [0.2, 0.25) is 0 Å². The van der Waals surface area contributed by atoms with Crippen molar-refractivity contribution in [3.8, 4) is 0 Å². The highest BCUT2D eigenvalue weighted by atomic mass is 127. The van der Waals surface area contributed by atoms with Gasteiger partial charge in [0, 0.05) is 46.3 Å². The Hall–Kier alpha value is -0.860. The zero-order valence-corrected chi connectivity index (χ0v) is 20.5. The molecule has 28 heavy (non-hydrogen) atoms. The molecular formula is C22H40IN5. The normalized spacial score (nSPS) is 17.1. The second kappa shape index (κ2) is 14.2. The summed E-state index contributed by atoms with van der Waals surface area (Å²) in [6.45, 7) is 15.8. The minimum Gasteiger partial charge on any atom is -0.356 e. The van der Waals surface area contributed by atoms with Gasteiger partial charge in [-0.1, -0.05) is 43.7 Å². The molecule has 1 heterocycles. The number of guanidine groups is 1. The third kappa shape index (κ3) is 9.09. The largest absolute Gasteiger partial charge is 0.356 e. The molecule has 1 atom stereocenters. The van der Waals surface area contributed by atoms with E-state index < -0.39 is 0 Å². The molecule has 6 heteroatoms. The van der Waals surface area contributed by atoms with Crippen LogP contribution in [-0.2, 0) is 0 Å². The standard InChI is InChI=1S/C22H39N5.HI/c1-5-26-14-16-27(17-15-26)13-7-6-12-24-22(23-4)25-18-20(3)21-10-8-19(2)9-11-21;/h8-11,20H,5-7,12-18H2,1-4H3,(H2,23,24,25);1H. The van der Waals surface area contributed by atoms with E-state index in [1.165, 1.54) is 63.2 Å². The van der Waals surface area contributed by atoms with Gasteiger partial charge in [-0.05, 0) is 44.3 Å². The smallest absolute Gasteiger partial charge is 0.190 e. The first-order valence-electron chi connectivity index (χ1n) is 10.6. The molecule has 1 unspecified atom stereocenters. The summed E-state index contributed by atoms with van der Waals surface area (Å²) in [6, 6.07) is 8.80. The molecule has 0 spiro atoms. The number of hydrogen-bond donors (Lipinski definition) is 2. The molecule has 0 bridgehead atoms. The first-order valence-corrected chi connectivity index (χ1v) is 10.6. The van der Waals surface area contributed by atoms with E-state index in [-0.39, 0.29) is 24.0 Å². The summed E-state index contributed by atoms with van der Waals surface area (Å²) in [4.78, 5) is 9.48. The van der Waals surface area contributed by atoms with Crippen LogP contribution < -0.4 is 10.6 Å². The van der Waals surface area contributed by atoms with Crippen molar-refractivity contribution in [2.75, 3.05) is 59.4 Å². The fourth-order valence-corrected chi connectivity index (χ4v) is 3.48. The van der Waals surface area contributed by atoms with E-state index in [9.17, 15) is 0 Å². The zero-order valence-electron chi connectivity index (χ0n) is 18.2. The Morgan fingerprint density at radius 1 is 1.04 bits per heavy atom. The minimum absolute atomic E-state index is 0. The van der Waals surface area contributed by atoms with Crippen molar-refractivity contribution in [3.05, 3.63) is 35.4 Å². The van der Waals surface area contributed by atoms with Crippen molar-refractivity contribution < 1.29 is 0 Å². The van der Waals surface area contributed by atoms with E-state index in [2.05, 4.69) is 70.5 Å². The van der Waals surface area contributed by atoms with E-state index in [1.807, 2.05) is 7.05 Å². The quantitative estimate of drug-likeness (QED) is 0.236. The van der Waals surface area contributed by atoms with Crippen LogP contribution in [0, 0.1) is 6.92 Å². The third-order valence-corrected chi connectivity index (χ3v) is 5.55. The summed E-state index contributed by atoms with van der Waals surface area (Å²) in [5, 5.41) is 6.91. The number of piperazine rings is 1. The summed E-state index contributed by atoms with van der Waals surface area (Å²) in [7, 11) is 1.85. The molecule has 2 rings (SSSR count). The number of likely N-dealkylation sites (N-methyl/N-ethyl adjacent to an activating group) is 1. The third-order valence-electron chi connectivity index (χ3n) is 5.55. The highest BCUT2D eigenvalue weighted by Crippen LogP contribution is 2.14. The summed E-state index contributed by atoms with van der Waals surface area (Å²) >= 11 is 0. The molecule has 160 valence electrons. The lowest BCUT2D eigenvalue weighted by Crippen LogP contribution is -2.46. The van der Waals surface area contributed by atoms with E-state index >= 15 is 0 Å². The Bertz CT molecular complexity index is 553. The number of aryl methyl sites for hydroxylation is 1. The van der Waals surface area contributed by atoms with Gasteiger partial charge in [0.05, 0.1) is 0 Å². The van der Waals surface area contributed by atoms with Gasteiger partial charge in [-0.15, -0.1) is 24.0 Å². The fourth-order valence-electron chi connectivity index (χ4n) is 3.48. The lowest BCUT2D eigenvalue weighted by Gasteiger charge is -2.34. The number of rotatable bonds is 9. The van der Waals surface area contributed by atoms with Gasteiger partial charge in [-0.25, -0.2) is 0 Å². The topological polar surface area (TPSA) is 42.9 Å². The SMILES string of the molecule is CCN1CCN(CCCCNC(=NC)NCC(C)c2ccc(C)cc2)CC1.I. The molecule has 0 amide bonds. The minimum atomic E-state index is 0. The summed E-state index contributed by atoms with van der Waals surface area (Å²) in [5.74, 6) is 1.37. The van der Waals surface area contributed by atoms with Gasteiger partial charge in [-0.2, -0.15) is 0 Å². The molecule has 1 aromatic carbocycles.